The fourth-order valence-electron chi connectivity index (χ4n) is 1.37. The summed E-state index contributed by atoms with van der Waals surface area (Å²) < 4.78 is 0. The number of nitriles is 1. The van der Waals surface area contributed by atoms with Crippen molar-refractivity contribution in [3.63, 3.8) is 0 Å². The molecule has 0 saturated heterocycles. The minimum Gasteiger partial charge on any atom is -0.398 e. The number of nitrogens with zero attached hydrogens (tertiary/aromatic N) is 2. The zero-order valence-electron chi connectivity index (χ0n) is 8.01. The summed E-state index contributed by atoms with van der Waals surface area (Å²) in [5.74, 6) is 0. The molecule has 0 aliphatic heterocycles. The molecular formula is C12H9N3. The van der Waals surface area contributed by atoms with Gasteiger partial charge in [0.2, 0.25) is 0 Å². The van der Waals surface area contributed by atoms with Gasteiger partial charge in [-0.05, 0) is 23.8 Å². The summed E-state index contributed by atoms with van der Waals surface area (Å²) in [6.45, 7) is 0. The lowest BCUT2D eigenvalue weighted by Crippen LogP contribution is -1.90. The van der Waals surface area contributed by atoms with Crippen molar-refractivity contribution in [1.29, 1.82) is 5.26 Å². The topological polar surface area (TPSA) is 62.7 Å². The second kappa shape index (κ2) is 3.81. The highest BCUT2D eigenvalue weighted by Gasteiger charge is 2.01. The minimum atomic E-state index is 0.640. The van der Waals surface area contributed by atoms with Crippen molar-refractivity contribution >= 4 is 5.69 Å². The zero-order chi connectivity index (χ0) is 10.7. The lowest BCUT2D eigenvalue weighted by Gasteiger charge is -2.04. The third-order valence-electron chi connectivity index (χ3n) is 2.18. The van der Waals surface area contributed by atoms with E-state index in [1.165, 1.54) is 0 Å². The van der Waals surface area contributed by atoms with Gasteiger partial charge in [0.1, 0.15) is 0 Å². The van der Waals surface area contributed by atoms with Crippen LogP contribution in [0.15, 0.2) is 42.7 Å². The summed E-state index contributed by atoms with van der Waals surface area (Å²) in [6.07, 6.45) is 3.37. The van der Waals surface area contributed by atoms with Crippen molar-refractivity contribution < 1.29 is 0 Å². The van der Waals surface area contributed by atoms with Gasteiger partial charge in [-0.3, -0.25) is 4.98 Å². The number of hydrogen-bond acceptors (Lipinski definition) is 3. The monoisotopic (exact) mass is 195 g/mol. The molecule has 0 fully saturated rings. The highest BCUT2D eigenvalue weighted by molar-refractivity contribution is 5.75. The van der Waals surface area contributed by atoms with Gasteiger partial charge in [0.05, 0.1) is 11.6 Å². The maximum Gasteiger partial charge on any atom is 0.0991 e. The van der Waals surface area contributed by atoms with Crippen LogP contribution in [-0.4, -0.2) is 4.98 Å². The Morgan fingerprint density at radius 2 is 1.87 bits per heavy atom. The number of nitrogen functional groups attached to an aromatic ring is 1. The molecule has 0 amide bonds. The summed E-state index contributed by atoms with van der Waals surface area (Å²) >= 11 is 0. The summed E-state index contributed by atoms with van der Waals surface area (Å²) in [7, 11) is 0. The number of rotatable bonds is 1. The van der Waals surface area contributed by atoms with E-state index < -0.39 is 0 Å². The molecule has 0 aliphatic rings. The maximum absolute atomic E-state index is 8.67. The SMILES string of the molecule is N#Cc1ccc(-c2cnccc2N)cc1. The molecule has 0 bridgehead atoms. The van der Waals surface area contributed by atoms with Gasteiger partial charge in [0.15, 0.2) is 0 Å². The van der Waals surface area contributed by atoms with E-state index in [-0.39, 0.29) is 0 Å². The van der Waals surface area contributed by atoms with Gasteiger partial charge in [-0.25, -0.2) is 0 Å². The van der Waals surface area contributed by atoms with Crippen LogP contribution >= 0.6 is 0 Å². The van der Waals surface area contributed by atoms with E-state index in [1.54, 1.807) is 30.6 Å². The molecule has 2 aromatic rings. The molecule has 2 N–H and O–H groups in total. The summed E-state index contributed by atoms with van der Waals surface area (Å²) in [5.41, 5.74) is 9.01. The van der Waals surface area contributed by atoms with Gasteiger partial charge >= 0.3 is 0 Å². The Balaban J connectivity index is 2.47. The van der Waals surface area contributed by atoms with Gasteiger partial charge < -0.3 is 5.73 Å². The van der Waals surface area contributed by atoms with Crippen molar-refractivity contribution in [3.05, 3.63) is 48.3 Å². The van der Waals surface area contributed by atoms with Crippen LogP contribution in [0.25, 0.3) is 11.1 Å². The average Bonchev–Trinajstić information content (AvgIpc) is 2.30. The number of aromatic nitrogens is 1. The van der Waals surface area contributed by atoms with Crippen molar-refractivity contribution in [2.75, 3.05) is 5.73 Å². The van der Waals surface area contributed by atoms with Crippen LogP contribution in [0.4, 0.5) is 5.69 Å². The molecule has 72 valence electrons. The van der Waals surface area contributed by atoms with Gasteiger partial charge in [-0.15, -0.1) is 0 Å². The van der Waals surface area contributed by atoms with Crippen LogP contribution in [0, 0.1) is 11.3 Å². The predicted molar refractivity (Wildman–Crippen MR) is 58.8 cm³/mol. The molecule has 1 aromatic heterocycles. The molecule has 15 heavy (non-hydrogen) atoms. The fourth-order valence-corrected chi connectivity index (χ4v) is 1.37. The van der Waals surface area contributed by atoms with E-state index >= 15 is 0 Å². The van der Waals surface area contributed by atoms with Gasteiger partial charge in [0.25, 0.3) is 0 Å². The molecule has 1 heterocycles. The van der Waals surface area contributed by atoms with Crippen LogP contribution in [0.1, 0.15) is 5.56 Å². The molecule has 0 aliphatic carbocycles. The van der Waals surface area contributed by atoms with Crippen LogP contribution < -0.4 is 5.73 Å². The first-order chi connectivity index (χ1) is 7.31. The summed E-state index contributed by atoms with van der Waals surface area (Å²) in [5, 5.41) is 8.67. The molecule has 0 atom stereocenters. The van der Waals surface area contributed by atoms with Crippen LogP contribution in [0.5, 0.6) is 0 Å². The first kappa shape index (κ1) is 9.22. The first-order valence-electron chi connectivity index (χ1n) is 4.51. The standard InChI is InChI=1S/C12H9N3/c13-7-9-1-3-10(4-2-9)11-8-15-6-5-12(11)14/h1-6,8H,(H2,14,15). The molecule has 0 radical (unpaired) electrons. The lowest BCUT2D eigenvalue weighted by molar-refractivity contribution is 1.33. The minimum absolute atomic E-state index is 0.640. The Morgan fingerprint density at radius 3 is 2.47 bits per heavy atom. The third-order valence-corrected chi connectivity index (χ3v) is 2.18. The van der Waals surface area contributed by atoms with Crippen LogP contribution in [0.3, 0.4) is 0 Å². The molecule has 3 heteroatoms. The normalized spacial score (nSPS) is 9.53. The van der Waals surface area contributed by atoms with Gasteiger partial charge in [0, 0.05) is 23.6 Å². The first-order valence-corrected chi connectivity index (χ1v) is 4.51. The summed E-state index contributed by atoms with van der Waals surface area (Å²) in [6, 6.07) is 11.1. The Morgan fingerprint density at radius 1 is 1.13 bits per heavy atom. The Hall–Kier alpha value is -2.34. The highest BCUT2D eigenvalue weighted by atomic mass is 14.7. The smallest absolute Gasteiger partial charge is 0.0991 e. The highest BCUT2D eigenvalue weighted by Crippen LogP contribution is 2.24. The lowest BCUT2D eigenvalue weighted by atomic mass is 10.0. The fraction of sp³-hybridized carbons (Fsp3) is 0. The second-order valence-corrected chi connectivity index (χ2v) is 3.15. The Bertz CT molecular complexity index is 509. The number of nitrogens with two attached hydrogens (primary N) is 1. The molecule has 3 nitrogen and oxygen atoms in total. The zero-order valence-corrected chi connectivity index (χ0v) is 8.01. The van der Waals surface area contributed by atoms with Crippen molar-refractivity contribution in [3.8, 4) is 17.2 Å². The van der Waals surface area contributed by atoms with Crippen LogP contribution in [0.2, 0.25) is 0 Å². The maximum atomic E-state index is 8.67. The van der Waals surface area contributed by atoms with E-state index in [4.69, 9.17) is 11.0 Å². The molecule has 2 rings (SSSR count). The van der Waals surface area contributed by atoms with Crippen molar-refractivity contribution in [2.24, 2.45) is 0 Å². The average molecular weight is 195 g/mol. The third kappa shape index (κ3) is 1.79. The number of pyridine rings is 1. The molecule has 0 saturated carbocycles. The molecule has 1 aromatic carbocycles. The number of hydrogen-bond donors (Lipinski definition) is 1. The number of benzene rings is 1. The van der Waals surface area contributed by atoms with E-state index in [0.29, 0.717) is 11.3 Å². The van der Waals surface area contributed by atoms with Crippen molar-refractivity contribution in [1.82, 2.24) is 4.98 Å². The predicted octanol–water partition coefficient (Wildman–Crippen LogP) is 2.20. The van der Waals surface area contributed by atoms with E-state index in [9.17, 15) is 0 Å². The van der Waals surface area contributed by atoms with Gasteiger partial charge in [-0.1, -0.05) is 12.1 Å². The second-order valence-electron chi connectivity index (χ2n) is 3.15. The molecule has 0 unspecified atom stereocenters. The Kier molecular flexibility index (Phi) is 2.34. The van der Waals surface area contributed by atoms with Crippen molar-refractivity contribution in [2.45, 2.75) is 0 Å². The number of anilines is 1. The quantitative estimate of drug-likeness (QED) is 0.758. The Labute approximate surface area is 87.8 Å². The van der Waals surface area contributed by atoms with Gasteiger partial charge in [-0.2, -0.15) is 5.26 Å². The molecular weight excluding hydrogens is 186 g/mol. The molecule has 0 spiro atoms. The van der Waals surface area contributed by atoms with E-state index in [2.05, 4.69) is 11.1 Å². The van der Waals surface area contributed by atoms with Crippen LogP contribution in [-0.2, 0) is 0 Å². The summed E-state index contributed by atoms with van der Waals surface area (Å²) in [4.78, 5) is 4.02. The van der Waals surface area contributed by atoms with E-state index in [1.807, 2.05) is 12.1 Å². The largest absolute Gasteiger partial charge is 0.398 e. The van der Waals surface area contributed by atoms with E-state index in [0.717, 1.165) is 11.1 Å².